The predicted molar refractivity (Wildman–Crippen MR) is 93.8 cm³/mol. The zero-order valence-electron chi connectivity index (χ0n) is 17.2. The minimum Gasteiger partial charge on any atom is -0.459 e. The number of ether oxygens (including phenoxy) is 3. The molecule has 0 amide bonds. The first-order valence-corrected chi connectivity index (χ1v) is 10.1. The first-order chi connectivity index (χ1) is 14.6. The van der Waals surface area contributed by atoms with Gasteiger partial charge in [0.25, 0.3) is 0 Å². The number of halogens is 7. The van der Waals surface area contributed by atoms with E-state index in [4.69, 9.17) is 9.47 Å². The number of carbonyl (C=O) groups excluding carboxylic acids is 2. The number of carbonyl (C=O) groups is 2. The maximum absolute atomic E-state index is 13.3. The Balaban J connectivity index is 1.52. The molecule has 0 N–H and O–H groups in total. The number of hydrogen-bond acceptors (Lipinski definition) is 5. The average molecular weight is 476 g/mol. The number of rotatable bonds is 8. The van der Waals surface area contributed by atoms with Crippen molar-refractivity contribution >= 4 is 11.9 Å². The summed E-state index contributed by atoms with van der Waals surface area (Å²) in [4.78, 5) is 23.2. The van der Waals surface area contributed by atoms with Crippen molar-refractivity contribution in [2.24, 2.45) is 17.8 Å². The van der Waals surface area contributed by atoms with Crippen LogP contribution in [0.15, 0.2) is 12.2 Å². The fourth-order valence-corrected chi connectivity index (χ4v) is 5.30. The molecule has 4 bridgehead atoms. The Kier molecular flexibility index (Phi) is 6.33. The van der Waals surface area contributed by atoms with Crippen molar-refractivity contribution in [3.05, 3.63) is 12.2 Å². The molecule has 4 aliphatic rings. The highest BCUT2D eigenvalue weighted by molar-refractivity contribution is 5.87. The first-order valence-electron chi connectivity index (χ1n) is 10.1. The minimum absolute atomic E-state index is 0.00845. The van der Waals surface area contributed by atoms with Crippen molar-refractivity contribution in [2.75, 3.05) is 13.2 Å². The van der Waals surface area contributed by atoms with E-state index in [0.717, 1.165) is 19.3 Å². The highest BCUT2D eigenvalue weighted by Gasteiger charge is 2.77. The van der Waals surface area contributed by atoms with E-state index in [1.165, 1.54) is 0 Å². The Morgan fingerprint density at radius 2 is 1.53 bits per heavy atom. The van der Waals surface area contributed by atoms with Crippen LogP contribution in [0, 0.1) is 17.8 Å². The van der Waals surface area contributed by atoms with Gasteiger partial charge in [-0.25, -0.2) is 9.59 Å². The summed E-state index contributed by atoms with van der Waals surface area (Å²) in [5.74, 6) is -15.8. The molecule has 0 aromatic carbocycles. The van der Waals surface area contributed by atoms with Crippen LogP contribution in [-0.4, -0.2) is 54.9 Å². The molecule has 0 aromatic heterocycles. The van der Waals surface area contributed by atoms with E-state index < -0.39 is 48.8 Å². The van der Waals surface area contributed by atoms with E-state index in [0.29, 0.717) is 18.8 Å². The summed E-state index contributed by atoms with van der Waals surface area (Å²) in [7, 11) is 0. The largest absolute Gasteiger partial charge is 0.460 e. The minimum atomic E-state index is -6.62. The number of esters is 2. The van der Waals surface area contributed by atoms with Crippen molar-refractivity contribution in [1.82, 2.24) is 0 Å². The second-order valence-electron chi connectivity index (χ2n) is 8.94. The highest BCUT2D eigenvalue weighted by atomic mass is 19.4. The van der Waals surface area contributed by atoms with Gasteiger partial charge in [-0.2, -0.15) is 30.7 Å². The van der Waals surface area contributed by atoms with Crippen LogP contribution < -0.4 is 0 Å². The van der Waals surface area contributed by atoms with Crippen LogP contribution in [0.2, 0.25) is 0 Å². The second kappa shape index (κ2) is 8.18. The smallest absolute Gasteiger partial charge is 0.459 e. The van der Waals surface area contributed by atoms with E-state index in [-0.39, 0.29) is 23.5 Å². The molecule has 2 atom stereocenters. The molecule has 0 heterocycles. The highest BCUT2D eigenvalue weighted by Crippen LogP contribution is 2.58. The van der Waals surface area contributed by atoms with Crippen LogP contribution in [0.5, 0.6) is 0 Å². The summed E-state index contributed by atoms with van der Waals surface area (Å²) >= 11 is 0. The van der Waals surface area contributed by atoms with Gasteiger partial charge in [-0.15, -0.1) is 0 Å². The van der Waals surface area contributed by atoms with Gasteiger partial charge in [0.2, 0.25) is 0 Å². The second-order valence-corrected chi connectivity index (χ2v) is 8.94. The average Bonchev–Trinajstić information content (AvgIpc) is 2.64. The standard InChI is InChI=1S/C20H23F7O5/c1-10(2)15(28)32-17-7-11-5-12(8-17)14(13(6-11)9-17)30-3-4-31-16(29)18(21,22)19(23,24)20(25,26)27/h11-14H,1,3-9H2,2H3. The van der Waals surface area contributed by atoms with Gasteiger partial charge in [0.1, 0.15) is 12.2 Å². The zero-order chi connectivity index (χ0) is 24.1. The lowest BCUT2D eigenvalue weighted by atomic mass is 9.53. The van der Waals surface area contributed by atoms with Gasteiger partial charge in [-0.05, 0) is 56.8 Å². The zero-order valence-corrected chi connectivity index (χ0v) is 17.2. The Hall–Kier alpha value is -1.85. The van der Waals surface area contributed by atoms with E-state index in [1.807, 2.05) is 0 Å². The summed E-state index contributed by atoms with van der Waals surface area (Å²) in [5.41, 5.74) is -0.340. The van der Waals surface area contributed by atoms with Crippen molar-refractivity contribution < 1.29 is 54.5 Å². The SMILES string of the molecule is C=C(C)C(=O)OC12CC3CC(C1)C(OCCOC(=O)C(F)(F)C(F)(F)C(F)(F)F)C(C3)C2. The molecule has 4 aliphatic carbocycles. The van der Waals surface area contributed by atoms with Crippen molar-refractivity contribution in [3.8, 4) is 0 Å². The third-order valence-electron chi connectivity index (χ3n) is 6.42. The van der Waals surface area contributed by atoms with Gasteiger partial charge >= 0.3 is 30.0 Å². The van der Waals surface area contributed by atoms with Crippen LogP contribution in [0.1, 0.15) is 39.0 Å². The van der Waals surface area contributed by atoms with Gasteiger partial charge < -0.3 is 14.2 Å². The molecule has 12 heteroatoms. The molecule has 0 saturated heterocycles. The molecule has 182 valence electrons. The molecule has 4 rings (SSSR count). The van der Waals surface area contributed by atoms with E-state index in [1.54, 1.807) is 6.92 Å². The van der Waals surface area contributed by atoms with Gasteiger partial charge in [0.15, 0.2) is 0 Å². The van der Waals surface area contributed by atoms with E-state index in [9.17, 15) is 40.3 Å². The number of hydrogen-bond donors (Lipinski definition) is 0. The van der Waals surface area contributed by atoms with E-state index >= 15 is 0 Å². The van der Waals surface area contributed by atoms with Crippen molar-refractivity contribution in [2.45, 2.75) is 68.8 Å². The molecule has 0 aromatic rings. The van der Waals surface area contributed by atoms with Gasteiger partial charge in [0, 0.05) is 5.57 Å². The van der Waals surface area contributed by atoms with E-state index in [2.05, 4.69) is 11.3 Å². The number of alkyl halides is 7. The molecule has 0 radical (unpaired) electrons. The topological polar surface area (TPSA) is 61.8 Å². The molecule has 0 aliphatic heterocycles. The molecule has 4 saturated carbocycles. The quantitative estimate of drug-likeness (QED) is 0.224. The maximum Gasteiger partial charge on any atom is 0.460 e. The summed E-state index contributed by atoms with van der Waals surface area (Å²) < 4.78 is 104. The van der Waals surface area contributed by atoms with Crippen LogP contribution >= 0.6 is 0 Å². The summed E-state index contributed by atoms with van der Waals surface area (Å²) in [6.45, 7) is 3.77. The third kappa shape index (κ3) is 4.34. The molecule has 0 spiro atoms. The first kappa shape index (κ1) is 24.8. The molecule has 32 heavy (non-hydrogen) atoms. The fourth-order valence-electron chi connectivity index (χ4n) is 5.30. The lowest BCUT2D eigenvalue weighted by molar-refractivity contribution is -0.348. The van der Waals surface area contributed by atoms with Crippen molar-refractivity contribution in [3.63, 3.8) is 0 Å². The monoisotopic (exact) mass is 476 g/mol. The molecule has 4 fully saturated rings. The van der Waals surface area contributed by atoms with Gasteiger partial charge in [-0.3, -0.25) is 0 Å². The van der Waals surface area contributed by atoms with Gasteiger partial charge in [-0.1, -0.05) is 6.58 Å². The third-order valence-corrected chi connectivity index (χ3v) is 6.42. The van der Waals surface area contributed by atoms with Crippen LogP contribution in [0.25, 0.3) is 0 Å². The Morgan fingerprint density at radius 3 is 2.03 bits per heavy atom. The summed E-state index contributed by atoms with van der Waals surface area (Å²) in [6, 6.07) is 0. The fraction of sp³-hybridized carbons (Fsp3) is 0.800. The summed E-state index contributed by atoms with van der Waals surface area (Å²) in [5, 5.41) is 0. The Labute approximate surface area is 179 Å². The van der Waals surface area contributed by atoms with Crippen LogP contribution in [0.4, 0.5) is 30.7 Å². The Morgan fingerprint density at radius 1 is 0.969 bits per heavy atom. The molecule has 2 unspecified atom stereocenters. The lowest BCUT2D eigenvalue weighted by Gasteiger charge is -2.58. The lowest BCUT2D eigenvalue weighted by Crippen LogP contribution is -2.59. The predicted octanol–water partition coefficient (Wildman–Crippen LogP) is 4.45. The van der Waals surface area contributed by atoms with Crippen molar-refractivity contribution in [1.29, 1.82) is 0 Å². The molecular weight excluding hydrogens is 453 g/mol. The summed E-state index contributed by atoms with van der Waals surface area (Å²) in [6.07, 6.45) is -3.59. The maximum atomic E-state index is 13.3. The molecular formula is C20H23F7O5. The molecule has 5 nitrogen and oxygen atoms in total. The normalized spacial score (nSPS) is 32.0. The van der Waals surface area contributed by atoms with Gasteiger partial charge in [0.05, 0.1) is 12.7 Å². The van der Waals surface area contributed by atoms with Crippen LogP contribution in [0.3, 0.4) is 0 Å². The Bertz CT molecular complexity index is 763. The van der Waals surface area contributed by atoms with Crippen LogP contribution in [-0.2, 0) is 23.8 Å².